The van der Waals surface area contributed by atoms with Crippen molar-refractivity contribution in [3.8, 4) is 17.0 Å². The summed E-state index contributed by atoms with van der Waals surface area (Å²) in [5.41, 5.74) is 3.97. The number of nitrogens with zero attached hydrogens (tertiary/aromatic N) is 3. The van der Waals surface area contributed by atoms with E-state index in [0.29, 0.717) is 0 Å². The molecule has 0 aliphatic heterocycles. The van der Waals surface area contributed by atoms with E-state index in [1.165, 1.54) is 0 Å². The van der Waals surface area contributed by atoms with Gasteiger partial charge in [0.25, 0.3) is 0 Å². The lowest BCUT2D eigenvalue weighted by Gasteiger charge is -2.09. The van der Waals surface area contributed by atoms with E-state index < -0.39 is 0 Å². The van der Waals surface area contributed by atoms with Gasteiger partial charge in [0.1, 0.15) is 5.75 Å². The van der Waals surface area contributed by atoms with Gasteiger partial charge in [-0.2, -0.15) is 5.10 Å². The first-order valence-corrected chi connectivity index (χ1v) is 9.56. The second-order valence-electron chi connectivity index (χ2n) is 5.37. The first kappa shape index (κ1) is 17.6. The topological polar surface area (TPSA) is 49.9 Å². The molecule has 1 N–H and O–H groups in total. The van der Waals surface area contributed by atoms with E-state index in [0.717, 1.165) is 38.2 Å². The van der Waals surface area contributed by atoms with Gasteiger partial charge in [-0.25, -0.2) is 4.68 Å². The van der Waals surface area contributed by atoms with Crippen molar-refractivity contribution >= 4 is 33.0 Å². The molecular weight excluding hydrogens is 398 g/mol. The zero-order valence-corrected chi connectivity index (χ0v) is 16.4. The average Bonchev–Trinajstić information content (AvgIpc) is 3.03. The zero-order chi connectivity index (χ0) is 17.8. The van der Waals surface area contributed by atoms with Crippen LogP contribution < -0.4 is 4.80 Å². The Bertz CT molecular complexity index is 971. The summed E-state index contributed by atoms with van der Waals surface area (Å²) < 4.78 is 2.90. The fourth-order valence-electron chi connectivity index (χ4n) is 2.51. The molecule has 0 atom stereocenters. The van der Waals surface area contributed by atoms with E-state index in [-0.39, 0.29) is 5.75 Å². The van der Waals surface area contributed by atoms with Crippen LogP contribution in [0.1, 0.15) is 18.9 Å². The molecule has 0 aliphatic rings. The van der Waals surface area contributed by atoms with E-state index in [4.69, 9.17) is 5.10 Å². The van der Waals surface area contributed by atoms with Crippen LogP contribution >= 0.6 is 27.3 Å². The van der Waals surface area contributed by atoms with Crippen molar-refractivity contribution in [2.24, 2.45) is 10.1 Å². The maximum atomic E-state index is 9.51. The number of phenolic OH excluding ortho intramolecular Hbond substituents is 1. The highest BCUT2D eigenvalue weighted by Gasteiger charge is 2.11. The minimum absolute atomic E-state index is 0.251. The number of thiazole rings is 1. The third-order valence-corrected chi connectivity index (χ3v) is 5.38. The van der Waals surface area contributed by atoms with Gasteiger partial charge in [-0.05, 0) is 42.3 Å². The molecule has 0 saturated heterocycles. The molecule has 25 heavy (non-hydrogen) atoms. The van der Waals surface area contributed by atoms with Crippen molar-refractivity contribution in [2.45, 2.75) is 13.3 Å². The Labute approximate surface area is 158 Å². The quantitative estimate of drug-likeness (QED) is 0.606. The van der Waals surface area contributed by atoms with E-state index in [2.05, 4.69) is 39.3 Å². The van der Waals surface area contributed by atoms with E-state index in [1.807, 2.05) is 35.0 Å². The lowest BCUT2D eigenvalue weighted by molar-refractivity contribution is 0.475. The first-order chi connectivity index (χ1) is 12.1. The lowest BCUT2D eigenvalue weighted by atomic mass is 10.1. The molecule has 6 heteroatoms. The minimum atomic E-state index is 0.251. The number of phenols is 1. The molecule has 0 bridgehead atoms. The predicted octanol–water partition coefficient (Wildman–Crippen LogP) is 4.88. The first-order valence-electron chi connectivity index (χ1n) is 7.89. The SMILES string of the molecule is CCC(=Nn1c(-c2ccccc2Br)csc1=NC)c1ccc(O)cc1. The molecule has 0 saturated carbocycles. The average molecular weight is 416 g/mol. The molecule has 0 spiro atoms. The summed E-state index contributed by atoms with van der Waals surface area (Å²) >= 11 is 5.18. The summed E-state index contributed by atoms with van der Waals surface area (Å²) in [6.07, 6.45) is 0.770. The van der Waals surface area contributed by atoms with Crippen LogP contribution in [0, 0.1) is 0 Å². The standard InChI is InChI=1S/C19H18BrN3OS/c1-3-17(13-8-10-14(24)11-9-13)22-23-18(12-25-19(23)21-2)15-6-4-5-7-16(15)20/h4-12,24H,3H2,1-2H3. The summed E-state index contributed by atoms with van der Waals surface area (Å²) in [5.74, 6) is 0.251. The van der Waals surface area contributed by atoms with E-state index in [1.54, 1.807) is 30.5 Å². The van der Waals surface area contributed by atoms with Crippen LogP contribution in [0.4, 0.5) is 0 Å². The fraction of sp³-hybridized carbons (Fsp3) is 0.158. The molecule has 1 aromatic heterocycles. The highest BCUT2D eigenvalue weighted by Crippen LogP contribution is 2.28. The largest absolute Gasteiger partial charge is 0.508 e. The minimum Gasteiger partial charge on any atom is -0.508 e. The van der Waals surface area contributed by atoms with Crippen molar-refractivity contribution in [1.29, 1.82) is 0 Å². The van der Waals surface area contributed by atoms with Gasteiger partial charge < -0.3 is 5.11 Å². The Hall–Kier alpha value is -2.18. The van der Waals surface area contributed by atoms with Crippen LogP contribution in [0.2, 0.25) is 0 Å². The van der Waals surface area contributed by atoms with Crippen LogP contribution in [-0.2, 0) is 0 Å². The molecule has 3 rings (SSSR count). The number of aromatic nitrogens is 1. The number of hydrogen-bond donors (Lipinski definition) is 1. The zero-order valence-electron chi connectivity index (χ0n) is 14.0. The second-order valence-corrected chi connectivity index (χ2v) is 7.06. The number of hydrogen-bond acceptors (Lipinski definition) is 4. The molecule has 0 fully saturated rings. The van der Waals surface area contributed by atoms with Crippen molar-refractivity contribution < 1.29 is 5.11 Å². The Balaban J connectivity index is 2.17. The molecule has 0 radical (unpaired) electrons. The maximum Gasteiger partial charge on any atom is 0.205 e. The van der Waals surface area contributed by atoms with E-state index in [9.17, 15) is 5.11 Å². The van der Waals surface area contributed by atoms with Gasteiger partial charge >= 0.3 is 0 Å². The van der Waals surface area contributed by atoms with Crippen LogP contribution in [0.25, 0.3) is 11.3 Å². The molecule has 128 valence electrons. The molecule has 2 aromatic carbocycles. The van der Waals surface area contributed by atoms with Crippen molar-refractivity contribution in [3.05, 3.63) is 68.7 Å². The van der Waals surface area contributed by atoms with Gasteiger partial charge in [0.05, 0.1) is 11.4 Å². The summed E-state index contributed by atoms with van der Waals surface area (Å²) in [7, 11) is 1.77. The Kier molecular flexibility index (Phi) is 5.50. The van der Waals surface area contributed by atoms with Crippen LogP contribution in [0.3, 0.4) is 0 Å². The van der Waals surface area contributed by atoms with Gasteiger partial charge in [-0.3, -0.25) is 4.99 Å². The molecule has 3 aromatic rings. The van der Waals surface area contributed by atoms with Crippen LogP contribution in [0.5, 0.6) is 5.75 Å². The van der Waals surface area contributed by atoms with Gasteiger partial charge in [-0.15, -0.1) is 11.3 Å². The summed E-state index contributed by atoms with van der Waals surface area (Å²) in [6.45, 7) is 2.07. The number of rotatable bonds is 4. The van der Waals surface area contributed by atoms with Crippen molar-refractivity contribution in [2.75, 3.05) is 7.05 Å². The summed E-state index contributed by atoms with van der Waals surface area (Å²) in [5, 5.41) is 16.4. The molecule has 0 unspecified atom stereocenters. The molecule has 0 aliphatic carbocycles. The number of benzene rings is 2. The van der Waals surface area contributed by atoms with Gasteiger partial charge in [0.15, 0.2) is 0 Å². The van der Waals surface area contributed by atoms with Gasteiger partial charge in [-0.1, -0.05) is 41.1 Å². The van der Waals surface area contributed by atoms with Crippen LogP contribution in [-0.4, -0.2) is 22.5 Å². The van der Waals surface area contributed by atoms with E-state index >= 15 is 0 Å². The highest BCUT2D eigenvalue weighted by atomic mass is 79.9. The molecule has 0 amide bonds. The second kappa shape index (κ2) is 7.80. The fourth-order valence-corrected chi connectivity index (χ4v) is 3.79. The lowest BCUT2D eigenvalue weighted by Crippen LogP contribution is -2.14. The predicted molar refractivity (Wildman–Crippen MR) is 107 cm³/mol. The van der Waals surface area contributed by atoms with Crippen LogP contribution in [0.15, 0.2) is 68.5 Å². The molecule has 1 heterocycles. The smallest absolute Gasteiger partial charge is 0.205 e. The Morgan fingerprint density at radius 3 is 2.52 bits per heavy atom. The normalized spacial score (nSPS) is 12.6. The Morgan fingerprint density at radius 2 is 1.88 bits per heavy atom. The molecule has 4 nitrogen and oxygen atoms in total. The third kappa shape index (κ3) is 3.75. The van der Waals surface area contributed by atoms with Gasteiger partial charge in [0, 0.05) is 22.5 Å². The highest BCUT2D eigenvalue weighted by molar-refractivity contribution is 9.10. The number of halogens is 1. The monoisotopic (exact) mass is 415 g/mol. The number of aromatic hydroxyl groups is 1. The van der Waals surface area contributed by atoms with Crippen molar-refractivity contribution in [3.63, 3.8) is 0 Å². The maximum absolute atomic E-state index is 9.51. The summed E-state index contributed by atoms with van der Waals surface area (Å²) in [6, 6.07) is 15.2. The third-order valence-electron chi connectivity index (χ3n) is 3.78. The van der Waals surface area contributed by atoms with Crippen molar-refractivity contribution in [1.82, 2.24) is 4.68 Å². The van der Waals surface area contributed by atoms with Gasteiger partial charge in [0.2, 0.25) is 4.80 Å². The molecular formula is C19H18BrN3OS. The Morgan fingerprint density at radius 1 is 1.16 bits per heavy atom. The summed E-state index contributed by atoms with van der Waals surface area (Å²) in [4.78, 5) is 5.19.